The molecule has 1 aromatic rings. The molecule has 4 nitrogen and oxygen atoms in total. The Hall–Kier alpha value is -1.13. The van der Waals surface area contributed by atoms with E-state index in [1.165, 1.54) is 7.11 Å². The minimum Gasteiger partial charge on any atom is -0.495 e. The Morgan fingerprint density at radius 2 is 2.06 bits per heavy atom. The van der Waals surface area contributed by atoms with E-state index in [0.717, 1.165) is 12.0 Å². The summed E-state index contributed by atoms with van der Waals surface area (Å²) < 4.78 is 5.18. The molecule has 0 aliphatic rings. The van der Waals surface area contributed by atoms with Crippen LogP contribution >= 0.6 is 23.2 Å². The summed E-state index contributed by atoms with van der Waals surface area (Å²) in [5.41, 5.74) is 0.738. The van der Waals surface area contributed by atoms with Crippen LogP contribution in [0.2, 0.25) is 10.0 Å². The monoisotopic (exact) mass is 290 g/mol. The number of hydrogen-bond donors (Lipinski definition) is 2. The van der Waals surface area contributed by atoms with E-state index in [1.54, 1.807) is 12.1 Å². The van der Waals surface area contributed by atoms with E-state index in [1.807, 2.05) is 6.92 Å². The van der Waals surface area contributed by atoms with Gasteiger partial charge in [-0.05, 0) is 18.6 Å². The summed E-state index contributed by atoms with van der Waals surface area (Å²) in [5.74, 6) is 0.525. The highest BCUT2D eigenvalue weighted by Gasteiger charge is 2.10. The lowest BCUT2D eigenvalue weighted by Crippen LogP contribution is -2.35. The van der Waals surface area contributed by atoms with E-state index in [0.29, 0.717) is 28.9 Å². The number of benzene rings is 1. The van der Waals surface area contributed by atoms with Gasteiger partial charge in [0.25, 0.3) is 0 Å². The third kappa shape index (κ3) is 4.27. The molecule has 0 aliphatic heterocycles. The summed E-state index contributed by atoms with van der Waals surface area (Å²) in [6.07, 6.45) is 0.889. The van der Waals surface area contributed by atoms with E-state index in [9.17, 15) is 4.79 Å². The maximum atomic E-state index is 11.4. The summed E-state index contributed by atoms with van der Waals surface area (Å²) in [6, 6.07) is 3.09. The Kier molecular flexibility index (Phi) is 6.09. The van der Waals surface area contributed by atoms with Crippen molar-refractivity contribution in [3.8, 4) is 5.75 Å². The van der Waals surface area contributed by atoms with Crippen LogP contribution < -0.4 is 15.4 Å². The van der Waals surface area contributed by atoms with E-state index >= 15 is 0 Å². The normalized spacial score (nSPS) is 10.0. The van der Waals surface area contributed by atoms with Crippen molar-refractivity contribution < 1.29 is 9.53 Å². The summed E-state index contributed by atoms with van der Waals surface area (Å²) in [4.78, 5) is 11.4. The van der Waals surface area contributed by atoms with Gasteiger partial charge in [-0.25, -0.2) is 4.79 Å². The largest absolute Gasteiger partial charge is 0.495 e. The minimum atomic E-state index is -0.227. The van der Waals surface area contributed by atoms with Gasteiger partial charge < -0.3 is 15.4 Å². The number of methoxy groups -OCH3 is 1. The highest BCUT2D eigenvalue weighted by molar-refractivity contribution is 6.35. The summed E-state index contributed by atoms with van der Waals surface area (Å²) >= 11 is 11.9. The van der Waals surface area contributed by atoms with Crippen LogP contribution in [0.1, 0.15) is 18.9 Å². The average molecular weight is 291 g/mol. The van der Waals surface area contributed by atoms with E-state index in [-0.39, 0.29) is 6.03 Å². The second-order valence-corrected chi connectivity index (χ2v) is 4.53. The first-order valence-electron chi connectivity index (χ1n) is 5.62. The molecule has 0 unspecified atom stereocenters. The first-order chi connectivity index (χ1) is 8.58. The zero-order chi connectivity index (χ0) is 13.5. The van der Waals surface area contributed by atoms with Crippen LogP contribution in [0, 0.1) is 0 Å². The van der Waals surface area contributed by atoms with Gasteiger partial charge in [-0.3, -0.25) is 0 Å². The molecular formula is C12H16Cl2N2O2. The number of halogens is 2. The number of carbonyl (C=O) groups is 1. The van der Waals surface area contributed by atoms with Crippen LogP contribution in [0.4, 0.5) is 4.79 Å². The third-order valence-electron chi connectivity index (χ3n) is 2.26. The number of carbonyl (C=O) groups excluding carboxylic acids is 1. The summed E-state index contributed by atoms with van der Waals surface area (Å²) in [6.45, 7) is 2.93. The van der Waals surface area contributed by atoms with Gasteiger partial charge in [0.2, 0.25) is 0 Å². The molecule has 18 heavy (non-hydrogen) atoms. The SMILES string of the molecule is CCCNC(=O)NCc1cc(Cl)cc(Cl)c1OC. The Bertz CT molecular complexity index is 425. The third-order valence-corrected chi connectivity index (χ3v) is 2.76. The van der Waals surface area contributed by atoms with Crippen molar-refractivity contribution in [3.05, 3.63) is 27.7 Å². The molecule has 0 saturated heterocycles. The smallest absolute Gasteiger partial charge is 0.315 e. The second-order valence-electron chi connectivity index (χ2n) is 3.69. The maximum Gasteiger partial charge on any atom is 0.315 e. The topological polar surface area (TPSA) is 50.4 Å². The lowest BCUT2D eigenvalue weighted by Gasteiger charge is -2.12. The fourth-order valence-corrected chi connectivity index (χ4v) is 2.06. The molecule has 0 heterocycles. The van der Waals surface area contributed by atoms with Gasteiger partial charge in [-0.2, -0.15) is 0 Å². The first-order valence-corrected chi connectivity index (χ1v) is 6.37. The van der Waals surface area contributed by atoms with Crippen LogP contribution in [-0.4, -0.2) is 19.7 Å². The van der Waals surface area contributed by atoms with Gasteiger partial charge >= 0.3 is 6.03 Å². The standard InChI is InChI=1S/C12H16Cl2N2O2/c1-3-4-15-12(17)16-7-8-5-9(13)6-10(14)11(8)18-2/h5-6H,3-4,7H2,1-2H3,(H2,15,16,17). The minimum absolute atomic E-state index is 0.227. The van der Waals surface area contributed by atoms with E-state index in [4.69, 9.17) is 27.9 Å². The van der Waals surface area contributed by atoms with Gasteiger partial charge in [0.15, 0.2) is 0 Å². The van der Waals surface area contributed by atoms with Gasteiger partial charge in [-0.1, -0.05) is 30.1 Å². The van der Waals surface area contributed by atoms with Crippen molar-refractivity contribution in [1.29, 1.82) is 0 Å². The van der Waals surface area contributed by atoms with Crippen molar-refractivity contribution in [3.63, 3.8) is 0 Å². The van der Waals surface area contributed by atoms with E-state index < -0.39 is 0 Å². The number of rotatable bonds is 5. The average Bonchev–Trinajstić information content (AvgIpc) is 2.33. The molecule has 100 valence electrons. The number of hydrogen-bond acceptors (Lipinski definition) is 2. The molecule has 0 fully saturated rings. The van der Waals surface area contributed by atoms with Crippen molar-refractivity contribution in [1.82, 2.24) is 10.6 Å². The molecule has 0 aromatic heterocycles. The molecule has 0 saturated carbocycles. The van der Waals surface area contributed by atoms with Crippen molar-refractivity contribution in [2.45, 2.75) is 19.9 Å². The molecule has 0 aliphatic carbocycles. The lowest BCUT2D eigenvalue weighted by atomic mass is 10.2. The van der Waals surface area contributed by atoms with Crippen LogP contribution in [0.3, 0.4) is 0 Å². The zero-order valence-corrected chi connectivity index (χ0v) is 11.9. The molecule has 1 aromatic carbocycles. The van der Waals surface area contributed by atoms with Crippen molar-refractivity contribution in [2.75, 3.05) is 13.7 Å². The van der Waals surface area contributed by atoms with Crippen LogP contribution in [0.15, 0.2) is 12.1 Å². The van der Waals surface area contributed by atoms with Gasteiger partial charge in [0, 0.05) is 23.7 Å². The number of nitrogens with one attached hydrogen (secondary N) is 2. The van der Waals surface area contributed by atoms with Crippen molar-refractivity contribution >= 4 is 29.2 Å². The quantitative estimate of drug-likeness (QED) is 0.875. The molecule has 1 rings (SSSR count). The first kappa shape index (κ1) is 14.9. The molecule has 0 spiro atoms. The molecule has 2 amide bonds. The summed E-state index contributed by atoms with van der Waals surface area (Å²) in [5, 5.41) is 6.36. The Balaban J connectivity index is 2.69. The van der Waals surface area contributed by atoms with Crippen LogP contribution in [0.25, 0.3) is 0 Å². The predicted octanol–water partition coefficient (Wildman–Crippen LogP) is 3.21. The van der Waals surface area contributed by atoms with Crippen LogP contribution in [0.5, 0.6) is 5.75 Å². The highest BCUT2D eigenvalue weighted by atomic mass is 35.5. The van der Waals surface area contributed by atoms with Gasteiger partial charge in [0.1, 0.15) is 5.75 Å². The summed E-state index contributed by atoms with van der Waals surface area (Å²) in [7, 11) is 1.52. The Morgan fingerprint density at radius 3 is 2.67 bits per heavy atom. The number of amides is 2. The number of ether oxygens (including phenoxy) is 1. The number of urea groups is 1. The Morgan fingerprint density at radius 1 is 1.33 bits per heavy atom. The predicted molar refractivity (Wildman–Crippen MR) is 73.5 cm³/mol. The molecular weight excluding hydrogens is 275 g/mol. The van der Waals surface area contributed by atoms with Gasteiger partial charge in [0.05, 0.1) is 12.1 Å². The fraction of sp³-hybridized carbons (Fsp3) is 0.417. The van der Waals surface area contributed by atoms with E-state index in [2.05, 4.69) is 10.6 Å². The lowest BCUT2D eigenvalue weighted by molar-refractivity contribution is 0.240. The maximum absolute atomic E-state index is 11.4. The second kappa shape index (κ2) is 7.34. The molecule has 6 heteroatoms. The highest BCUT2D eigenvalue weighted by Crippen LogP contribution is 2.31. The fourth-order valence-electron chi connectivity index (χ4n) is 1.45. The molecule has 2 N–H and O–H groups in total. The zero-order valence-electron chi connectivity index (χ0n) is 10.3. The van der Waals surface area contributed by atoms with Crippen molar-refractivity contribution in [2.24, 2.45) is 0 Å². The molecule has 0 bridgehead atoms. The van der Waals surface area contributed by atoms with Gasteiger partial charge in [-0.15, -0.1) is 0 Å². The molecule has 0 atom stereocenters. The Labute approximate surface area is 117 Å². The van der Waals surface area contributed by atoms with Crippen LogP contribution in [-0.2, 0) is 6.54 Å². The molecule has 0 radical (unpaired) electrons.